The van der Waals surface area contributed by atoms with E-state index in [9.17, 15) is 18.5 Å². The fraction of sp³-hybridized carbons (Fsp3) is 0.455. The van der Waals surface area contributed by atoms with Gasteiger partial charge in [-0.15, -0.1) is 0 Å². The Morgan fingerprint density at radius 2 is 2.30 bits per heavy atom. The van der Waals surface area contributed by atoms with E-state index in [1.165, 1.54) is 0 Å². The molecule has 20 heavy (non-hydrogen) atoms. The lowest BCUT2D eigenvalue weighted by Crippen LogP contribution is -2.35. The third kappa shape index (κ3) is 3.21. The van der Waals surface area contributed by atoms with E-state index >= 15 is 0 Å². The van der Waals surface area contributed by atoms with Crippen LogP contribution >= 0.6 is 0 Å². The molecule has 8 nitrogen and oxygen atoms in total. The van der Waals surface area contributed by atoms with Crippen LogP contribution in [0, 0.1) is 21.4 Å². The Balaban J connectivity index is 2.21. The molecule has 1 fully saturated rings. The molecule has 1 saturated heterocycles. The molecule has 1 unspecified atom stereocenters. The fourth-order valence-electron chi connectivity index (χ4n) is 2.08. The second kappa shape index (κ2) is 5.42. The molecule has 0 spiro atoms. The van der Waals surface area contributed by atoms with E-state index in [0.29, 0.717) is 12.8 Å². The molecule has 1 aromatic heterocycles. The molecule has 106 valence electrons. The quantitative estimate of drug-likeness (QED) is 0.647. The normalized spacial score (nSPS) is 20.9. The van der Waals surface area contributed by atoms with Crippen molar-refractivity contribution in [3.63, 3.8) is 0 Å². The number of nitriles is 1. The maximum Gasteiger partial charge on any atom is 0.289 e. The van der Waals surface area contributed by atoms with Crippen LogP contribution in [-0.2, 0) is 9.84 Å². The number of nitro groups is 1. The predicted octanol–water partition coefficient (Wildman–Crippen LogP) is 0.851. The number of nitrogens with one attached hydrogen (secondary N) is 1. The molecule has 1 N–H and O–H groups in total. The largest absolute Gasteiger partial charge is 0.365 e. The van der Waals surface area contributed by atoms with E-state index in [2.05, 4.69) is 10.3 Å². The van der Waals surface area contributed by atoms with Crippen LogP contribution in [0.4, 0.5) is 11.5 Å². The first-order valence-electron chi connectivity index (χ1n) is 5.93. The Morgan fingerprint density at radius 3 is 2.90 bits per heavy atom. The summed E-state index contributed by atoms with van der Waals surface area (Å²) < 4.78 is 23.1. The number of hydrogen-bond acceptors (Lipinski definition) is 7. The van der Waals surface area contributed by atoms with Crippen molar-refractivity contribution in [2.45, 2.75) is 18.9 Å². The van der Waals surface area contributed by atoms with Gasteiger partial charge in [0.05, 0.1) is 16.4 Å². The van der Waals surface area contributed by atoms with E-state index in [0.717, 1.165) is 12.3 Å². The summed E-state index contributed by atoms with van der Waals surface area (Å²) in [6, 6.07) is 2.62. The molecule has 1 aromatic rings. The Labute approximate surface area is 115 Å². The molecule has 1 atom stereocenters. The SMILES string of the molecule is N#Cc1cc([N+](=O)[O-])cnc1NC1CCCS(=O)(=O)C1. The van der Waals surface area contributed by atoms with Crippen LogP contribution in [0.3, 0.4) is 0 Å². The first-order valence-corrected chi connectivity index (χ1v) is 7.75. The number of pyridine rings is 1. The van der Waals surface area contributed by atoms with Crippen LogP contribution in [0.15, 0.2) is 12.3 Å². The summed E-state index contributed by atoms with van der Waals surface area (Å²) in [7, 11) is -3.07. The van der Waals surface area contributed by atoms with Gasteiger partial charge in [0.25, 0.3) is 5.69 Å². The van der Waals surface area contributed by atoms with E-state index in [1.54, 1.807) is 0 Å². The summed E-state index contributed by atoms with van der Waals surface area (Å²) in [6.45, 7) is 0. The summed E-state index contributed by atoms with van der Waals surface area (Å²) in [4.78, 5) is 13.8. The third-order valence-corrected chi connectivity index (χ3v) is 4.83. The zero-order valence-electron chi connectivity index (χ0n) is 10.4. The Morgan fingerprint density at radius 1 is 1.55 bits per heavy atom. The van der Waals surface area contributed by atoms with Crippen molar-refractivity contribution in [2.75, 3.05) is 16.8 Å². The number of anilines is 1. The molecule has 9 heteroatoms. The fourth-order valence-corrected chi connectivity index (χ4v) is 3.72. The molecule has 1 aliphatic heterocycles. The average Bonchev–Trinajstić information content (AvgIpc) is 2.37. The topological polar surface area (TPSA) is 126 Å². The maximum atomic E-state index is 11.5. The van der Waals surface area contributed by atoms with Crippen molar-refractivity contribution >= 4 is 21.3 Å². The lowest BCUT2D eigenvalue weighted by molar-refractivity contribution is -0.385. The van der Waals surface area contributed by atoms with E-state index in [1.807, 2.05) is 6.07 Å². The molecule has 0 aromatic carbocycles. The van der Waals surface area contributed by atoms with E-state index in [4.69, 9.17) is 5.26 Å². The van der Waals surface area contributed by atoms with Gasteiger partial charge in [0, 0.05) is 12.1 Å². The first kappa shape index (κ1) is 14.2. The smallest absolute Gasteiger partial charge is 0.289 e. The number of hydrogen-bond donors (Lipinski definition) is 1. The van der Waals surface area contributed by atoms with E-state index < -0.39 is 14.8 Å². The molecular weight excluding hydrogens is 284 g/mol. The average molecular weight is 296 g/mol. The Hall–Kier alpha value is -2.21. The molecule has 0 amide bonds. The maximum absolute atomic E-state index is 11.5. The van der Waals surface area contributed by atoms with Gasteiger partial charge in [-0.2, -0.15) is 5.26 Å². The van der Waals surface area contributed by atoms with Gasteiger partial charge in [-0.25, -0.2) is 13.4 Å². The summed E-state index contributed by atoms with van der Waals surface area (Å²) >= 11 is 0. The van der Waals surface area contributed by atoms with Crippen LogP contribution in [0.5, 0.6) is 0 Å². The highest BCUT2D eigenvalue weighted by atomic mass is 32.2. The molecule has 0 bridgehead atoms. The van der Waals surface area contributed by atoms with Crippen molar-refractivity contribution < 1.29 is 13.3 Å². The van der Waals surface area contributed by atoms with Gasteiger partial charge < -0.3 is 5.32 Å². The zero-order chi connectivity index (χ0) is 14.8. The van der Waals surface area contributed by atoms with Gasteiger partial charge in [-0.3, -0.25) is 10.1 Å². The predicted molar refractivity (Wildman–Crippen MR) is 70.9 cm³/mol. The van der Waals surface area contributed by atoms with Gasteiger partial charge in [0.1, 0.15) is 23.6 Å². The standard InChI is InChI=1S/C11H12N4O4S/c12-5-8-4-10(15(16)17)6-13-11(8)14-9-2-1-3-20(18,19)7-9/h4,6,9H,1-3,7H2,(H,13,14). The molecule has 2 rings (SSSR count). The zero-order valence-corrected chi connectivity index (χ0v) is 11.3. The van der Waals surface area contributed by atoms with Crippen LogP contribution in [0.2, 0.25) is 0 Å². The molecule has 0 radical (unpaired) electrons. The van der Waals surface area contributed by atoms with Gasteiger partial charge in [0.2, 0.25) is 0 Å². The van der Waals surface area contributed by atoms with Crippen LogP contribution in [-0.4, -0.2) is 35.9 Å². The summed E-state index contributed by atoms with van der Waals surface area (Å²) in [6.07, 6.45) is 2.25. The minimum Gasteiger partial charge on any atom is -0.365 e. The highest BCUT2D eigenvalue weighted by Gasteiger charge is 2.25. The number of nitrogens with zero attached hydrogens (tertiary/aromatic N) is 3. The van der Waals surface area contributed by atoms with Crippen molar-refractivity contribution in [3.05, 3.63) is 27.9 Å². The van der Waals surface area contributed by atoms with Gasteiger partial charge >= 0.3 is 0 Å². The Bertz CT molecular complexity index is 680. The summed E-state index contributed by atoms with van der Waals surface area (Å²) in [5.74, 6) is 0.334. The molecular formula is C11H12N4O4S. The van der Waals surface area contributed by atoms with Crippen molar-refractivity contribution in [3.8, 4) is 6.07 Å². The third-order valence-electron chi connectivity index (χ3n) is 3.01. The minimum atomic E-state index is -3.07. The van der Waals surface area contributed by atoms with Crippen molar-refractivity contribution in [1.29, 1.82) is 5.26 Å². The lowest BCUT2D eigenvalue weighted by atomic mass is 10.1. The Kier molecular flexibility index (Phi) is 3.85. The summed E-state index contributed by atoms with van der Waals surface area (Å²) in [5.41, 5.74) is -0.245. The highest BCUT2D eigenvalue weighted by molar-refractivity contribution is 7.91. The van der Waals surface area contributed by atoms with Crippen LogP contribution in [0.1, 0.15) is 18.4 Å². The molecule has 0 saturated carbocycles. The second-order valence-corrected chi connectivity index (χ2v) is 6.79. The van der Waals surface area contributed by atoms with Gasteiger partial charge in [-0.1, -0.05) is 0 Å². The van der Waals surface area contributed by atoms with Gasteiger partial charge in [0.15, 0.2) is 9.84 Å². The van der Waals surface area contributed by atoms with Crippen LogP contribution < -0.4 is 5.32 Å². The monoisotopic (exact) mass is 296 g/mol. The van der Waals surface area contributed by atoms with E-state index in [-0.39, 0.29) is 34.6 Å². The van der Waals surface area contributed by atoms with Crippen LogP contribution in [0.25, 0.3) is 0 Å². The van der Waals surface area contributed by atoms with Crippen molar-refractivity contribution in [2.24, 2.45) is 0 Å². The lowest BCUT2D eigenvalue weighted by Gasteiger charge is -2.23. The van der Waals surface area contributed by atoms with Crippen molar-refractivity contribution in [1.82, 2.24) is 4.98 Å². The number of sulfone groups is 1. The second-order valence-electron chi connectivity index (χ2n) is 4.56. The first-order chi connectivity index (χ1) is 9.41. The summed E-state index contributed by atoms with van der Waals surface area (Å²) in [5, 5.41) is 22.5. The molecule has 2 heterocycles. The molecule has 1 aliphatic rings. The molecule has 0 aliphatic carbocycles. The van der Waals surface area contributed by atoms with Gasteiger partial charge in [-0.05, 0) is 12.8 Å². The minimum absolute atomic E-state index is 0.0173. The number of rotatable bonds is 3. The number of aromatic nitrogens is 1. The highest BCUT2D eigenvalue weighted by Crippen LogP contribution is 2.21.